The molecule has 3 heterocycles. The number of rotatable bonds is 3. The molecule has 0 aliphatic rings. The molecule has 0 saturated heterocycles. The number of nitrogens with one attached hydrogen (secondary N) is 1. The Hall–Kier alpha value is -2.70. The van der Waals surface area contributed by atoms with Gasteiger partial charge in [-0.15, -0.1) is 5.10 Å². The number of hydrogen-bond acceptors (Lipinski definition) is 4. The van der Waals surface area contributed by atoms with Crippen molar-refractivity contribution in [1.82, 2.24) is 24.1 Å². The number of nitrogens with zero attached hydrogens (tertiary/aromatic N) is 5. The molecule has 102 valence electrons. The van der Waals surface area contributed by atoms with E-state index in [1.54, 1.807) is 17.0 Å². The van der Waals surface area contributed by atoms with E-state index in [0.29, 0.717) is 11.6 Å². The number of pyridine rings is 1. The Morgan fingerprint density at radius 2 is 2.20 bits per heavy atom. The van der Waals surface area contributed by atoms with Crippen molar-refractivity contribution in [3.63, 3.8) is 0 Å². The molecule has 0 unspecified atom stereocenters. The summed E-state index contributed by atoms with van der Waals surface area (Å²) < 4.78 is 3.49. The molecule has 0 spiro atoms. The number of imidazole rings is 1. The third-order valence-electron chi connectivity index (χ3n) is 2.87. The lowest BCUT2D eigenvalue weighted by Gasteiger charge is -2.03. The normalized spacial score (nSPS) is 11.2. The summed E-state index contributed by atoms with van der Waals surface area (Å²) in [5.74, 6) is 0.883. The molecule has 0 aliphatic carbocycles. The average Bonchev–Trinajstić information content (AvgIpc) is 3.06. The zero-order valence-corrected chi connectivity index (χ0v) is 11.2. The second-order valence-corrected chi connectivity index (χ2v) is 4.70. The van der Waals surface area contributed by atoms with Crippen LogP contribution in [0.2, 0.25) is 0 Å². The van der Waals surface area contributed by atoms with Crippen LogP contribution in [-0.4, -0.2) is 30.1 Å². The number of anilines is 1. The van der Waals surface area contributed by atoms with Gasteiger partial charge in [-0.25, -0.2) is 4.98 Å². The summed E-state index contributed by atoms with van der Waals surface area (Å²) in [6.45, 7) is 3.64. The lowest BCUT2D eigenvalue weighted by atomic mass is 10.2. The van der Waals surface area contributed by atoms with Gasteiger partial charge in [-0.2, -0.15) is 9.50 Å². The molecule has 1 N–H and O–H groups in total. The zero-order valence-electron chi connectivity index (χ0n) is 11.2. The third kappa shape index (κ3) is 2.13. The summed E-state index contributed by atoms with van der Waals surface area (Å²) in [6, 6.07) is 5.61. The first kappa shape index (κ1) is 12.3. The summed E-state index contributed by atoms with van der Waals surface area (Å²) in [4.78, 5) is 20.0. The monoisotopic (exact) mass is 270 g/mol. The second kappa shape index (κ2) is 4.76. The van der Waals surface area contributed by atoms with Crippen molar-refractivity contribution in [2.24, 2.45) is 5.92 Å². The fraction of sp³-hybridized carbons (Fsp3) is 0.231. The maximum absolute atomic E-state index is 11.7. The standard InChI is InChI=1S/C13H14N6O/c1-9(2)12(20)16-13-15-10-4-3-5-11(19(10)17-13)18-7-6-14-8-18/h3-9H,1-2H3,(H,16,17,20). The molecule has 0 aliphatic heterocycles. The fourth-order valence-corrected chi connectivity index (χ4v) is 1.79. The van der Waals surface area contributed by atoms with Gasteiger partial charge in [-0.1, -0.05) is 19.9 Å². The average molecular weight is 270 g/mol. The van der Waals surface area contributed by atoms with Gasteiger partial charge >= 0.3 is 0 Å². The first-order valence-electron chi connectivity index (χ1n) is 6.30. The molecule has 3 rings (SSSR count). The Morgan fingerprint density at radius 1 is 1.35 bits per heavy atom. The minimum absolute atomic E-state index is 0.106. The van der Waals surface area contributed by atoms with Crippen molar-refractivity contribution in [2.75, 3.05) is 5.32 Å². The molecule has 0 radical (unpaired) electrons. The van der Waals surface area contributed by atoms with E-state index in [1.807, 2.05) is 42.8 Å². The van der Waals surface area contributed by atoms with Crippen LogP contribution in [0.3, 0.4) is 0 Å². The molecule has 3 aromatic heterocycles. The maximum Gasteiger partial charge on any atom is 0.249 e. The molecule has 7 nitrogen and oxygen atoms in total. The van der Waals surface area contributed by atoms with Gasteiger partial charge in [0.15, 0.2) is 5.65 Å². The zero-order chi connectivity index (χ0) is 14.1. The molecule has 0 fully saturated rings. The lowest BCUT2D eigenvalue weighted by molar-refractivity contribution is -0.118. The van der Waals surface area contributed by atoms with Crippen LogP contribution in [0.1, 0.15) is 13.8 Å². The Labute approximate surface area is 115 Å². The van der Waals surface area contributed by atoms with E-state index in [9.17, 15) is 4.79 Å². The number of amides is 1. The van der Waals surface area contributed by atoms with Gasteiger partial charge in [0.05, 0.1) is 0 Å². The van der Waals surface area contributed by atoms with Crippen LogP contribution < -0.4 is 5.32 Å². The fourth-order valence-electron chi connectivity index (χ4n) is 1.79. The van der Waals surface area contributed by atoms with Crippen LogP contribution in [0.25, 0.3) is 11.5 Å². The van der Waals surface area contributed by atoms with Crippen LogP contribution >= 0.6 is 0 Å². The van der Waals surface area contributed by atoms with Gasteiger partial charge in [0.1, 0.15) is 12.1 Å². The molecule has 20 heavy (non-hydrogen) atoms. The molecule has 0 aromatic carbocycles. The third-order valence-corrected chi connectivity index (χ3v) is 2.87. The highest BCUT2D eigenvalue weighted by molar-refractivity contribution is 5.90. The number of fused-ring (bicyclic) bond motifs is 1. The molecular weight excluding hydrogens is 256 g/mol. The minimum atomic E-state index is -0.116. The Kier molecular flexibility index (Phi) is 2.94. The predicted molar refractivity (Wildman–Crippen MR) is 73.6 cm³/mol. The van der Waals surface area contributed by atoms with Gasteiger partial charge in [-0.05, 0) is 12.1 Å². The van der Waals surface area contributed by atoms with Crippen LogP contribution in [-0.2, 0) is 4.79 Å². The van der Waals surface area contributed by atoms with Gasteiger partial charge in [-0.3, -0.25) is 14.7 Å². The molecule has 1 amide bonds. The molecular formula is C13H14N6O. The molecule has 0 bridgehead atoms. The highest BCUT2D eigenvalue weighted by Crippen LogP contribution is 2.12. The predicted octanol–water partition coefficient (Wildman–Crippen LogP) is 1.51. The van der Waals surface area contributed by atoms with Gasteiger partial charge in [0, 0.05) is 18.3 Å². The van der Waals surface area contributed by atoms with Crippen molar-refractivity contribution < 1.29 is 4.79 Å². The molecule has 3 aromatic rings. The second-order valence-electron chi connectivity index (χ2n) is 4.70. The summed E-state index contributed by atoms with van der Waals surface area (Å²) in [5, 5.41) is 7.01. The molecule has 7 heteroatoms. The number of carbonyl (C=O) groups is 1. The summed E-state index contributed by atoms with van der Waals surface area (Å²) in [6.07, 6.45) is 5.20. The van der Waals surface area contributed by atoms with E-state index >= 15 is 0 Å². The molecule has 0 atom stereocenters. The van der Waals surface area contributed by atoms with E-state index in [4.69, 9.17) is 0 Å². The Balaban J connectivity index is 2.03. The lowest BCUT2D eigenvalue weighted by Crippen LogP contribution is -2.18. The SMILES string of the molecule is CC(C)C(=O)Nc1nc2cccc(-n3ccnc3)n2n1. The van der Waals surface area contributed by atoms with Crippen molar-refractivity contribution in [3.8, 4) is 5.82 Å². The van der Waals surface area contributed by atoms with Crippen molar-refractivity contribution in [1.29, 1.82) is 0 Å². The minimum Gasteiger partial charge on any atom is -0.293 e. The van der Waals surface area contributed by atoms with Crippen LogP contribution in [0.15, 0.2) is 36.9 Å². The van der Waals surface area contributed by atoms with E-state index in [0.717, 1.165) is 5.82 Å². The maximum atomic E-state index is 11.7. The van der Waals surface area contributed by atoms with E-state index < -0.39 is 0 Å². The first-order valence-corrected chi connectivity index (χ1v) is 6.30. The molecule has 0 saturated carbocycles. The van der Waals surface area contributed by atoms with Gasteiger partial charge in [0.2, 0.25) is 11.9 Å². The first-order chi connectivity index (χ1) is 9.65. The number of aromatic nitrogens is 5. The summed E-state index contributed by atoms with van der Waals surface area (Å²) >= 11 is 0. The van der Waals surface area contributed by atoms with Crippen LogP contribution in [0.5, 0.6) is 0 Å². The van der Waals surface area contributed by atoms with Crippen molar-refractivity contribution in [3.05, 3.63) is 36.9 Å². The summed E-state index contributed by atoms with van der Waals surface area (Å²) in [7, 11) is 0. The smallest absolute Gasteiger partial charge is 0.249 e. The van der Waals surface area contributed by atoms with Crippen LogP contribution in [0.4, 0.5) is 5.95 Å². The number of carbonyl (C=O) groups excluding carboxylic acids is 1. The topological polar surface area (TPSA) is 77.1 Å². The van der Waals surface area contributed by atoms with E-state index in [1.165, 1.54) is 0 Å². The number of hydrogen-bond donors (Lipinski definition) is 1. The van der Waals surface area contributed by atoms with E-state index in [-0.39, 0.29) is 11.8 Å². The Morgan fingerprint density at radius 3 is 2.90 bits per heavy atom. The highest BCUT2D eigenvalue weighted by Gasteiger charge is 2.12. The van der Waals surface area contributed by atoms with Crippen molar-refractivity contribution >= 4 is 17.5 Å². The van der Waals surface area contributed by atoms with Crippen LogP contribution in [0, 0.1) is 5.92 Å². The Bertz CT molecular complexity index is 743. The quantitative estimate of drug-likeness (QED) is 0.782. The van der Waals surface area contributed by atoms with Crippen molar-refractivity contribution in [2.45, 2.75) is 13.8 Å². The largest absolute Gasteiger partial charge is 0.293 e. The highest BCUT2D eigenvalue weighted by atomic mass is 16.2. The van der Waals surface area contributed by atoms with E-state index in [2.05, 4.69) is 20.4 Å². The van der Waals surface area contributed by atoms with Gasteiger partial charge in [0.25, 0.3) is 0 Å². The van der Waals surface area contributed by atoms with Gasteiger partial charge < -0.3 is 0 Å². The summed E-state index contributed by atoms with van der Waals surface area (Å²) in [5.41, 5.74) is 0.662.